The van der Waals surface area contributed by atoms with Crippen molar-refractivity contribution in [3.8, 4) is 11.5 Å². The highest BCUT2D eigenvalue weighted by Crippen LogP contribution is 2.43. The van der Waals surface area contributed by atoms with E-state index >= 15 is 0 Å². The van der Waals surface area contributed by atoms with Crippen molar-refractivity contribution in [1.29, 1.82) is 0 Å². The first kappa shape index (κ1) is 25.5. The van der Waals surface area contributed by atoms with E-state index in [0.29, 0.717) is 13.2 Å². The number of ketones is 1. The zero-order chi connectivity index (χ0) is 25.7. The minimum atomic E-state index is -0.667. The Morgan fingerprint density at radius 2 is 1.39 bits per heavy atom. The number of hydrogen-bond donors (Lipinski definition) is 0. The molecular weight excluding hydrogens is 454 g/mol. The lowest BCUT2D eigenvalue weighted by molar-refractivity contribution is -0.169. The summed E-state index contributed by atoms with van der Waals surface area (Å²) in [5.41, 5.74) is 2.97. The molecule has 0 saturated carbocycles. The summed E-state index contributed by atoms with van der Waals surface area (Å²) in [6.45, 7) is 4.46. The molecule has 1 amide bonds. The third-order valence-electron chi connectivity index (χ3n) is 6.84. The number of ether oxygens (including phenoxy) is 3. The van der Waals surface area contributed by atoms with Gasteiger partial charge in [0.1, 0.15) is 23.2 Å². The van der Waals surface area contributed by atoms with E-state index in [1.807, 2.05) is 90.7 Å². The van der Waals surface area contributed by atoms with E-state index in [2.05, 4.69) is 0 Å². The molecule has 6 nitrogen and oxygen atoms in total. The second-order valence-electron chi connectivity index (χ2n) is 9.25. The predicted molar refractivity (Wildman–Crippen MR) is 138 cm³/mol. The Morgan fingerprint density at radius 1 is 0.861 bits per heavy atom. The Hall–Kier alpha value is -3.64. The molecule has 4 rings (SSSR count). The molecule has 1 heterocycles. The second-order valence-corrected chi connectivity index (χ2v) is 9.25. The van der Waals surface area contributed by atoms with Gasteiger partial charge in [-0.3, -0.25) is 9.59 Å². The lowest BCUT2D eigenvalue weighted by atomic mass is 9.75. The first-order chi connectivity index (χ1) is 17.4. The first-order valence-corrected chi connectivity index (χ1v) is 12.2. The zero-order valence-electron chi connectivity index (χ0n) is 21.2. The van der Waals surface area contributed by atoms with Crippen LogP contribution in [-0.4, -0.2) is 43.5 Å². The van der Waals surface area contributed by atoms with Crippen LogP contribution in [0.3, 0.4) is 0 Å². The maximum atomic E-state index is 13.5. The standard InChI is InChI=1S/C30H33NO5/c1-20(18-36-19-22-8-6-5-7-9-22)28-27(21(2)32)30(33)31(28)29(23-10-14-25(34-3)15-11-23)24-12-16-26(35-4)17-13-24/h5-17,20,27-29H,18-19H2,1-4H3/t20-,27+,28+/m0/s1. The van der Waals surface area contributed by atoms with E-state index in [1.54, 1.807) is 14.2 Å². The number of benzene rings is 3. The maximum absolute atomic E-state index is 13.5. The Labute approximate surface area is 212 Å². The molecule has 0 aliphatic carbocycles. The van der Waals surface area contributed by atoms with Gasteiger partial charge in [0.05, 0.1) is 39.5 Å². The zero-order valence-corrected chi connectivity index (χ0v) is 21.2. The summed E-state index contributed by atoms with van der Waals surface area (Å²) in [7, 11) is 3.25. The summed E-state index contributed by atoms with van der Waals surface area (Å²) in [6, 6.07) is 24.8. The molecule has 0 N–H and O–H groups in total. The van der Waals surface area contributed by atoms with Crippen LogP contribution in [0, 0.1) is 11.8 Å². The average molecular weight is 488 g/mol. The third-order valence-corrected chi connectivity index (χ3v) is 6.84. The van der Waals surface area contributed by atoms with Crippen molar-refractivity contribution in [2.75, 3.05) is 20.8 Å². The molecule has 1 aliphatic rings. The van der Waals surface area contributed by atoms with Gasteiger partial charge in [0.25, 0.3) is 0 Å². The molecular formula is C30H33NO5. The minimum Gasteiger partial charge on any atom is -0.497 e. The third kappa shape index (κ3) is 5.29. The number of methoxy groups -OCH3 is 2. The van der Waals surface area contributed by atoms with Gasteiger partial charge < -0.3 is 19.1 Å². The largest absolute Gasteiger partial charge is 0.497 e. The molecule has 3 atom stereocenters. The van der Waals surface area contributed by atoms with Crippen LogP contribution in [0.2, 0.25) is 0 Å². The van der Waals surface area contributed by atoms with Crippen LogP contribution in [0.15, 0.2) is 78.9 Å². The molecule has 1 aliphatic heterocycles. The summed E-state index contributed by atoms with van der Waals surface area (Å²) < 4.78 is 16.7. The fourth-order valence-electron chi connectivity index (χ4n) is 4.97. The number of carbonyl (C=O) groups excluding carboxylic acids is 2. The van der Waals surface area contributed by atoms with Crippen LogP contribution >= 0.6 is 0 Å². The van der Waals surface area contributed by atoms with Gasteiger partial charge in [0.2, 0.25) is 5.91 Å². The highest BCUT2D eigenvalue weighted by Gasteiger charge is 2.55. The molecule has 0 radical (unpaired) electrons. The van der Waals surface area contributed by atoms with Crippen molar-refractivity contribution in [1.82, 2.24) is 4.90 Å². The summed E-state index contributed by atoms with van der Waals surface area (Å²) in [5.74, 6) is 0.503. The quantitative estimate of drug-likeness (QED) is 0.279. The van der Waals surface area contributed by atoms with Crippen molar-refractivity contribution in [2.24, 2.45) is 11.8 Å². The number of likely N-dealkylation sites (tertiary alicyclic amines) is 1. The van der Waals surface area contributed by atoms with Crippen molar-refractivity contribution >= 4 is 11.7 Å². The van der Waals surface area contributed by atoms with E-state index in [-0.39, 0.29) is 29.7 Å². The number of Topliss-reactive ketones (excluding diaryl/α,β-unsaturated/α-hetero) is 1. The maximum Gasteiger partial charge on any atom is 0.236 e. The van der Waals surface area contributed by atoms with E-state index < -0.39 is 5.92 Å². The normalized spacial score (nSPS) is 18.0. The smallest absolute Gasteiger partial charge is 0.236 e. The lowest BCUT2D eigenvalue weighted by Crippen LogP contribution is -2.67. The van der Waals surface area contributed by atoms with Crippen molar-refractivity contribution in [2.45, 2.75) is 32.5 Å². The molecule has 0 spiro atoms. The molecule has 0 unspecified atom stereocenters. The average Bonchev–Trinajstić information content (AvgIpc) is 2.90. The molecule has 6 heteroatoms. The van der Waals surface area contributed by atoms with E-state index in [4.69, 9.17) is 14.2 Å². The van der Waals surface area contributed by atoms with Gasteiger partial charge in [-0.25, -0.2) is 0 Å². The predicted octanol–water partition coefficient (Wildman–Crippen LogP) is 5.06. The Balaban J connectivity index is 1.64. The van der Waals surface area contributed by atoms with Crippen LogP contribution in [-0.2, 0) is 20.9 Å². The van der Waals surface area contributed by atoms with E-state index in [1.165, 1.54) is 6.92 Å². The molecule has 3 aromatic carbocycles. The SMILES string of the molecule is COc1ccc(C(c2ccc(OC)cc2)N2C(=O)[C@H](C(C)=O)[C@H]2[C@@H](C)COCc2ccccc2)cc1. The molecule has 0 aromatic heterocycles. The molecule has 1 fully saturated rings. The van der Waals surface area contributed by atoms with Crippen LogP contribution in [0.1, 0.15) is 36.6 Å². The van der Waals surface area contributed by atoms with Gasteiger partial charge in [-0.2, -0.15) is 0 Å². The number of amides is 1. The van der Waals surface area contributed by atoms with Gasteiger partial charge >= 0.3 is 0 Å². The van der Waals surface area contributed by atoms with E-state index in [0.717, 1.165) is 28.2 Å². The number of carbonyl (C=O) groups is 2. The number of nitrogens with zero attached hydrogens (tertiary/aromatic N) is 1. The van der Waals surface area contributed by atoms with Crippen molar-refractivity contribution in [3.63, 3.8) is 0 Å². The van der Waals surface area contributed by atoms with Gasteiger partial charge in [-0.15, -0.1) is 0 Å². The summed E-state index contributed by atoms with van der Waals surface area (Å²) in [4.78, 5) is 27.8. The van der Waals surface area contributed by atoms with Crippen molar-refractivity contribution < 1.29 is 23.8 Å². The Kier molecular flexibility index (Phi) is 8.06. The molecule has 1 saturated heterocycles. The van der Waals surface area contributed by atoms with Crippen LogP contribution in [0.4, 0.5) is 0 Å². The van der Waals surface area contributed by atoms with Gasteiger partial charge in [0.15, 0.2) is 0 Å². The van der Waals surface area contributed by atoms with Crippen LogP contribution in [0.25, 0.3) is 0 Å². The molecule has 3 aromatic rings. The van der Waals surface area contributed by atoms with Gasteiger partial charge in [-0.1, -0.05) is 61.5 Å². The fourth-order valence-corrected chi connectivity index (χ4v) is 4.97. The molecule has 0 bridgehead atoms. The van der Waals surface area contributed by atoms with Crippen molar-refractivity contribution in [3.05, 3.63) is 95.6 Å². The highest BCUT2D eigenvalue weighted by atomic mass is 16.5. The summed E-state index contributed by atoms with van der Waals surface area (Å²) >= 11 is 0. The second kappa shape index (κ2) is 11.4. The molecule has 188 valence electrons. The van der Waals surface area contributed by atoms with E-state index in [9.17, 15) is 9.59 Å². The summed E-state index contributed by atoms with van der Waals surface area (Å²) in [6.07, 6.45) is 0. The topological polar surface area (TPSA) is 65.1 Å². The van der Waals surface area contributed by atoms with Gasteiger partial charge in [0, 0.05) is 5.92 Å². The Bertz CT molecular complexity index is 1110. The molecule has 36 heavy (non-hydrogen) atoms. The first-order valence-electron chi connectivity index (χ1n) is 12.2. The number of hydrogen-bond acceptors (Lipinski definition) is 5. The minimum absolute atomic E-state index is 0.0423. The van der Waals surface area contributed by atoms with Crippen LogP contribution < -0.4 is 9.47 Å². The number of rotatable bonds is 11. The van der Waals surface area contributed by atoms with Gasteiger partial charge in [-0.05, 0) is 47.9 Å². The monoisotopic (exact) mass is 487 g/mol. The number of β-lactam (4-membered cyclic amide) rings is 1. The Morgan fingerprint density at radius 3 is 1.86 bits per heavy atom. The fraction of sp³-hybridized carbons (Fsp3) is 0.333. The highest BCUT2D eigenvalue weighted by molar-refractivity contribution is 6.06. The summed E-state index contributed by atoms with van der Waals surface area (Å²) in [5, 5.41) is 0. The van der Waals surface area contributed by atoms with Crippen LogP contribution in [0.5, 0.6) is 11.5 Å². The lowest BCUT2D eigenvalue weighted by Gasteiger charge is -2.53.